The van der Waals surface area contributed by atoms with Gasteiger partial charge >= 0.3 is 0 Å². The first-order chi connectivity index (χ1) is 13.5. The molecule has 2 amide bonds. The van der Waals surface area contributed by atoms with Crippen LogP contribution in [0.3, 0.4) is 0 Å². The van der Waals surface area contributed by atoms with Gasteiger partial charge in [-0.1, -0.05) is 26.0 Å². The molecular formula is C23H34N4O2. The van der Waals surface area contributed by atoms with Crippen molar-refractivity contribution >= 4 is 22.8 Å². The maximum absolute atomic E-state index is 13.1. The first kappa shape index (κ1) is 21.3. The highest BCUT2D eigenvalue weighted by Gasteiger charge is 2.40. The van der Waals surface area contributed by atoms with Crippen molar-refractivity contribution in [3.8, 4) is 0 Å². The Labute approximate surface area is 173 Å². The zero-order valence-corrected chi connectivity index (χ0v) is 18.7. The Morgan fingerprint density at radius 3 is 2.38 bits per heavy atom. The molecule has 1 fully saturated rings. The van der Waals surface area contributed by atoms with Gasteiger partial charge in [0.2, 0.25) is 11.8 Å². The van der Waals surface area contributed by atoms with E-state index in [4.69, 9.17) is 4.98 Å². The van der Waals surface area contributed by atoms with Crippen LogP contribution >= 0.6 is 0 Å². The molecule has 158 valence electrons. The van der Waals surface area contributed by atoms with E-state index in [-0.39, 0.29) is 47.7 Å². The maximum Gasteiger partial charge on any atom is 0.226 e. The molecule has 6 nitrogen and oxygen atoms in total. The fraction of sp³-hybridized carbons (Fsp3) is 0.609. The lowest BCUT2D eigenvalue weighted by Crippen LogP contribution is -2.44. The predicted molar refractivity (Wildman–Crippen MR) is 115 cm³/mol. The van der Waals surface area contributed by atoms with Crippen molar-refractivity contribution in [2.75, 3.05) is 6.54 Å². The molecule has 2 atom stereocenters. The molecular weight excluding hydrogens is 364 g/mol. The van der Waals surface area contributed by atoms with Crippen molar-refractivity contribution in [3.05, 3.63) is 30.1 Å². The second-order valence-corrected chi connectivity index (χ2v) is 9.73. The van der Waals surface area contributed by atoms with E-state index in [0.717, 1.165) is 16.9 Å². The number of amides is 2. The lowest BCUT2D eigenvalue weighted by atomic mass is 10.0. The number of imidazole rings is 1. The average molecular weight is 399 g/mol. The number of benzene rings is 1. The standard InChI is InChI=1S/C23H34N4O2/c1-14(2)20(21-24-17-10-8-9-11-18(17)27(21)15(3)4)25-22(29)16-12-19(28)26(13-16)23(5,6)7/h8-11,14-16,20H,12-13H2,1-7H3,(H,25,29)/t16-,20-/m1/s1. The monoisotopic (exact) mass is 398 g/mol. The third-order valence-corrected chi connectivity index (χ3v) is 5.69. The van der Waals surface area contributed by atoms with Gasteiger partial charge in [0.25, 0.3) is 0 Å². The van der Waals surface area contributed by atoms with E-state index in [2.05, 4.69) is 43.6 Å². The van der Waals surface area contributed by atoms with E-state index in [1.165, 1.54) is 0 Å². The van der Waals surface area contributed by atoms with Crippen LogP contribution < -0.4 is 5.32 Å². The average Bonchev–Trinajstić information content (AvgIpc) is 3.19. The Kier molecular flexibility index (Phi) is 5.74. The third kappa shape index (κ3) is 4.16. The SMILES string of the molecule is CC(C)[C@@H](NC(=O)[C@@H]1CC(=O)N(C(C)(C)C)C1)c1nc2ccccc2n1C(C)C. The molecule has 0 saturated carbocycles. The summed E-state index contributed by atoms with van der Waals surface area (Å²) in [5.74, 6) is 0.713. The zero-order valence-electron chi connectivity index (χ0n) is 18.7. The Hall–Kier alpha value is -2.37. The number of nitrogens with one attached hydrogen (secondary N) is 1. The van der Waals surface area contributed by atoms with Gasteiger partial charge in [0.05, 0.1) is 23.0 Å². The summed E-state index contributed by atoms with van der Waals surface area (Å²) in [5.41, 5.74) is 1.74. The summed E-state index contributed by atoms with van der Waals surface area (Å²) in [5, 5.41) is 3.22. The summed E-state index contributed by atoms with van der Waals surface area (Å²) in [6.45, 7) is 14.9. The van der Waals surface area contributed by atoms with Gasteiger partial charge in [0, 0.05) is 24.5 Å². The highest BCUT2D eigenvalue weighted by Crippen LogP contribution is 2.31. The smallest absolute Gasteiger partial charge is 0.226 e. The van der Waals surface area contributed by atoms with Gasteiger partial charge in [-0.25, -0.2) is 4.98 Å². The molecule has 1 N–H and O–H groups in total. The summed E-state index contributed by atoms with van der Waals surface area (Å²) in [6, 6.07) is 8.09. The second kappa shape index (κ2) is 7.81. The highest BCUT2D eigenvalue weighted by molar-refractivity contribution is 5.89. The third-order valence-electron chi connectivity index (χ3n) is 5.69. The maximum atomic E-state index is 13.1. The molecule has 0 aliphatic carbocycles. The van der Waals surface area contributed by atoms with E-state index >= 15 is 0 Å². The molecule has 1 saturated heterocycles. The molecule has 29 heavy (non-hydrogen) atoms. The molecule has 1 aromatic heterocycles. The number of rotatable bonds is 5. The lowest BCUT2D eigenvalue weighted by Gasteiger charge is -2.32. The van der Waals surface area contributed by atoms with Crippen LogP contribution in [0, 0.1) is 11.8 Å². The number of carbonyl (C=O) groups excluding carboxylic acids is 2. The van der Waals surface area contributed by atoms with Crippen molar-refractivity contribution < 1.29 is 9.59 Å². The summed E-state index contributed by atoms with van der Waals surface area (Å²) < 4.78 is 2.21. The van der Waals surface area contributed by atoms with Crippen LogP contribution in [-0.2, 0) is 9.59 Å². The van der Waals surface area contributed by atoms with Gasteiger partial charge in [0.1, 0.15) is 5.82 Å². The molecule has 2 heterocycles. The van der Waals surface area contributed by atoms with Crippen molar-refractivity contribution in [2.24, 2.45) is 11.8 Å². The Morgan fingerprint density at radius 2 is 1.83 bits per heavy atom. The van der Waals surface area contributed by atoms with Crippen molar-refractivity contribution in [1.82, 2.24) is 19.8 Å². The van der Waals surface area contributed by atoms with Gasteiger partial charge in [0.15, 0.2) is 0 Å². The summed E-state index contributed by atoms with van der Waals surface area (Å²) >= 11 is 0. The summed E-state index contributed by atoms with van der Waals surface area (Å²) in [6.07, 6.45) is 0.272. The van der Waals surface area contributed by atoms with Crippen LogP contribution in [0.25, 0.3) is 11.0 Å². The van der Waals surface area contributed by atoms with Gasteiger partial charge in [-0.3, -0.25) is 9.59 Å². The topological polar surface area (TPSA) is 67.2 Å². The minimum Gasteiger partial charge on any atom is -0.346 e. The van der Waals surface area contributed by atoms with Gasteiger partial charge in [-0.2, -0.15) is 0 Å². The summed E-state index contributed by atoms with van der Waals surface area (Å²) in [4.78, 5) is 32.2. The molecule has 0 spiro atoms. The fourth-order valence-electron chi connectivity index (χ4n) is 4.16. The predicted octanol–water partition coefficient (Wildman–Crippen LogP) is 4.08. The van der Waals surface area contributed by atoms with E-state index in [1.807, 2.05) is 43.9 Å². The van der Waals surface area contributed by atoms with Gasteiger partial charge in [-0.05, 0) is 52.7 Å². The number of aromatic nitrogens is 2. The van der Waals surface area contributed by atoms with Gasteiger partial charge in [-0.15, -0.1) is 0 Å². The molecule has 2 aromatic rings. The zero-order chi connectivity index (χ0) is 21.5. The molecule has 1 aromatic carbocycles. The molecule has 0 radical (unpaired) electrons. The van der Waals surface area contributed by atoms with Crippen molar-refractivity contribution in [1.29, 1.82) is 0 Å². The number of hydrogen-bond acceptors (Lipinski definition) is 3. The van der Waals surface area contributed by atoms with Crippen LogP contribution in [0.15, 0.2) is 24.3 Å². The summed E-state index contributed by atoms with van der Waals surface area (Å²) in [7, 11) is 0. The van der Waals surface area contributed by atoms with E-state index in [0.29, 0.717) is 6.54 Å². The van der Waals surface area contributed by atoms with Crippen LogP contribution in [0.5, 0.6) is 0 Å². The second-order valence-electron chi connectivity index (χ2n) is 9.73. The van der Waals surface area contributed by atoms with Crippen LogP contribution in [0.1, 0.15) is 72.8 Å². The van der Waals surface area contributed by atoms with Crippen LogP contribution in [0.4, 0.5) is 0 Å². The largest absolute Gasteiger partial charge is 0.346 e. The highest BCUT2D eigenvalue weighted by atomic mass is 16.2. The molecule has 3 rings (SSSR count). The van der Waals surface area contributed by atoms with Crippen molar-refractivity contribution in [3.63, 3.8) is 0 Å². The fourth-order valence-corrected chi connectivity index (χ4v) is 4.16. The number of likely N-dealkylation sites (tertiary alicyclic amines) is 1. The molecule has 1 aliphatic rings. The number of para-hydroxylation sites is 2. The quantitative estimate of drug-likeness (QED) is 0.825. The first-order valence-electron chi connectivity index (χ1n) is 10.6. The Bertz CT molecular complexity index is 907. The molecule has 6 heteroatoms. The number of nitrogens with zero attached hydrogens (tertiary/aromatic N) is 3. The van der Waals surface area contributed by atoms with E-state index in [9.17, 15) is 9.59 Å². The lowest BCUT2D eigenvalue weighted by molar-refractivity contribution is -0.132. The molecule has 0 unspecified atom stereocenters. The number of carbonyl (C=O) groups is 2. The normalized spacial score (nSPS) is 18.9. The van der Waals surface area contributed by atoms with E-state index < -0.39 is 0 Å². The van der Waals surface area contributed by atoms with Crippen molar-refractivity contribution in [2.45, 2.75) is 72.5 Å². The molecule has 0 bridgehead atoms. The van der Waals surface area contributed by atoms with Gasteiger partial charge < -0.3 is 14.8 Å². The first-order valence-corrected chi connectivity index (χ1v) is 10.6. The Balaban J connectivity index is 1.89. The van der Waals surface area contributed by atoms with E-state index in [1.54, 1.807) is 0 Å². The number of hydrogen-bond donors (Lipinski definition) is 1. The van der Waals surface area contributed by atoms with Crippen LogP contribution in [-0.4, -0.2) is 38.3 Å². The van der Waals surface area contributed by atoms with Crippen LogP contribution in [0.2, 0.25) is 0 Å². The number of fused-ring (bicyclic) bond motifs is 1. The minimum atomic E-state index is -0.320. The molecule has 1 aliphatic heterocycles. The minimum absolute atomic E-state index is 0.0492. The Morgan fingerprint density at radius 1 is 1.17 bits per heavy atom.